The van der Waals surface area contributed by atoms with Crippen molar-refractivity contribution in [1.82, 2.24) is 5.32 Å². The van der Waals surface area contributed by atoms with Gasteiger partial charge in [0.1, 0.15) is 11.5 Å². The predicted octanol–water partition coefficient (Wildman–Crippen LogP) is 1.98. The van der Waals surface area contributed by atoms with Crippen molar-refractivity contribution in [2.45, 2.75) is 37.6 Å². The van der Waals surface area contributed by atoms with Crippen LogP contribution in [-0.2, 0) is 9.59 Å². The summed E-state index contributed by atoms with van der Waals surface area (Å²) < 4.78 is 10.5. The van der Waals surface area contributed by atoms with Crippen LogP contribution < -0.4 is 14.8 Å². The van der Waals surface area contributed by atoms with Crippen LogP contribution in [0.25, 0.3) is 0 Å². The van der Waals surface area contributed by atoms with E-state index in [1.165, 1.54) is 0 Å². The van der Waals surface area contributed by atoms with Crippen LogP contribution in [0.5, 0.6) is 11.5 Å². The fourth-order valence-electron chi connectivity index (χ4n) is 2.84. The molecule has 6 heteroatoms. The van der Waals surface area contributed by atoms with Gasteiger partial charge < -0.3 is 19.9 Å². The van der Waals surface area contributed by atoms with Gasteiger partial charge in [-0.15, -0.1) is 0 Å². The molecule has 1 fully saturated rings. The zero-order valence-electron chi connectivity index (χ0n) is 12.6. The summed E-state index contributed by atoms with van der Waals surface area (Å²) in [4.78, 5) is 23.0. The Hall–Kier alpha value is -2.24. The third-order valence-corrected chi connectivity index (χ3v) is 3.88. The molecular weight excluding hydrogens is 286 g/mol. The minimum atomic E-state index is -0.890. The molecule has 0 atom stereocenters. The summed E-state index contributed by atoms with van der Waals surface area (Å²) in [6.07, 6.45) is 3.24. The summed E-state index contributed by atoms with van der Waals surface area (Å²) in [7, 11) is 1.58. The predicted molar refractivity (Wildman–Crippen MR) is 80.1 cm³/mol. The lowest BCUT2D eigenvalue weighted by molar-refractivity contribution is -0.139. The quantitative estimate of drug-likeness (QED) is 0.804. The molecule has 22 heavy (non-hydrogen) atoms. The summed E-state index contributed by atoms with van der Waals surface area (Å²) in [5, 5.41) is 11.9. The first-order valence-electron chi connectivity index (χ1n) is 7.33. The summed E-state index contributed by atoms with van der Waals surface area (Å²) in [6, 6.07) is 6.93. The molecule has 0 unspecified atom stereocenters. The highest BCUT2D eigenvalue weighted by Gasteiger charge is 2.37. The van der Waals surface area contributed by atoms with Crippen LogP contribution in [0.4, 0.5) is 0 Å². The van der Waals surface area contributed by atoms with Gasteiger partial charge in [-0.1, -0.05) is 12.8 Å². The number of aliphatic carboxylic acids is 1. The molecule has 1 saturated carbocycles. The third kappa shape index (κ3) is 4.38. The van der Waals surface area contributed by atoms with Crippen molar-refractivity contribution in [3.63, 3.8) is 0 Å². The maximum Gasteiger partial charge on any atom is 0.305 e. The zero-order valence-corrected chi connectivity index (χ0v) is 12.6. The van der Waals surface area contributed by atoms with E-state index in [0.29, 0.717) is 24.3 Å². The first-order chi connectivity index (χ1) is 10.5. The second-order valence-corrected chi connectivity index (χ2v) is 5.57. The summed E-state index contributed by atoms with van der Waals surface area (Å²) in [5.41, 5.74) is -0.619. The van der Waals surface area contributed by atoms with Gasteiger partial charge in [0.25, 0.3) is 5.91 Å². The van der Waals surface area contributed by atoms with E-state index < -0.39 is 11.5 Å². The SMILES string of the molecule is COc1ccc(OCC(=O)NC2(CC(=O)O)CCCC2)cc1. The minimum absolute atomic E-state index is 0.0404. The van der Waals surface area contributed by atoms with Crippen LogP contribution in [-0.4, -0.2) is 36.2 Å². The van der Waals surface area contributed by atoms with Gasteiger partial charge in [0.2, 0.25) is 0 Å². The Morgan fingerprint density at radius 3 is 2.32 bits per heavy atom. The molecule has 0 saturated heterocycles. The Balaban J connectivity index is 1.86. The standard InChI is InChI=1S/C16H21NO5/c1-21-12-4-6-13(7-5-12)22-11-14(18)17-16(10-15(19)20)8-2-3-9-16/h4-7H,2-3,8-11H2,1H3,(H,17,18)(H,19,20). The number of amides is 1. The van der Waals surface area contributed by atoms with Crippen molar-refractivity contribution in [3.8, 4) is 11.5 Å². The molecule has 0 bridgehead atoms. The van der Waals surface area contributed by atoms with Crippen molar-refractivity contribution in [1.29, 1.82) is 0 Å². The smallest absolute Gasteiger partial charge is 0.305 e. The van der Waals surface area contributed by atoms with Crippen LogP contribution in [0.2, 0.25) is 0 Å². The van der Waals surface area contributed by atoms with E-state index in [4.69, 9.17) is 14.6 Å². The molecule has 6 nitrogen and oxygen atoms in total. The molecule has 1 amide bonds. The number of ether oxygens (including phenoxy) is 2. The van der Waals surface area contributed by atoms with Gasteiger partial charge in [0, 0.05) is 0 Å². The molecule has 2 N–H and O–H groups in total. The van der Waals surface area contributed by atoms with E-state index in [-0.39, 0.29) is 18.9 Å². The number of rotatable bonds is 7. The Morgan fingerprint density at radius 1 is 1.18 bits per heavy atom. The van der Waals surface area contributed by atoms with E-state index in [9.17, 15) is 9.59 Å². The van der Waals surface area contributed by atoms with Crippen LogP contribution in [0.3, 0.4) is 0 Å². The van der Waals surface area contributed by atoms with Crippen molar-refractivity contribution in [2.24, 2.45) is 0 Å². The lowest BCUT2D eigenvalue weighted by Crippen LogP contribution is -2.49. The second-order valence-electron chi connectivity index (χ2n) is 5.57. The van der Waals surface area contributed by atoms with Crippen LogP contribution in [0, 0.1) is 0 Å². The highest BCUT2D eigenvalue weighted by molar-refractivity contribution is 5.79. The van der Waals surface area contributed by atoms with Crippen molar-refractivity contribution in [3.05, 3.63) is 24.3 Å². The average Bonchev–Trinajstić information content (AvgIpc) is 2.92. The molecule has 120 valence electrons. The number of nitrogens with one attached hydrogen (secondary N) is 1. The molecule has 1 aliphatic carbocycles. The third-order valence-electron chi connectivity index (χ3n) is 3.88. The van der Waals surface area contributed by atoms with Gasteiger partial charge in [0.05, 0.1) is 19.1 Å². The Kier molecular flexibility index (Phi) is 5.25. The molecule has 0 aromatic heterocycles. The van der Waals surface area contributed by atoms with Crippen LogP contribution in [0.15, 0.2) is 24.3 Å². The van der Waals surface area contributed by atoms with Crippen molar-refractivity contribution >= 4 is 11.9 Å². The number of carbonyl (C=O) groups excluding carboxylic acids is 1. The van der Waals surface area contributed by atoms with Crippen LogP contribution in [0.1, 0.15) is 32.1 Å². The lowest BCUT2D eigenvalue weighted by Gasteiger charge is -2.28. The number of hydrogen-bond acceptors (Lipinski definition) is 4. The van der Waals surface area contributed by atoms with Gasteiger partial charge in [-0.2, -0.15) is 0 Å². The maximum atomic E-state index is 12.0. The van der Waals surface area contributed by atoms with E-state index in [1.807, 2.05) is 0 Å². The van der Waals surface area contributed by atoms with E-state index in [2.05, 4.69) is 5.32 Å². The van der Waals surface area contributed by atoms with Gasteiger partial charge in [-0.25, -0.2) is 0 Å². The molecule has 0 radical (unpaired) electrons. The molecule has 0 aliphatic heterocycles. The lowest BCUT2D eigenvalue weighted by atomic mass is 9.93. The van der Waals surface area contributed by atoms with Gasteiger partial charge >= 0.3 is 5.97 Å². The fourth-order valence-corrected chi connectivity index (χ4v) is 2.84. The average molecular weight is 307 g/mol. The molecule has 0 spiro atoms. The van der Waals surface area contributed by atoms with Crippen LogP contribution >= 0.6 is 0 Å². The molecule has 2 rings (SSSR count). The first kappa shape index (κ1) is 16.1. The summed E-state index contributed by atoms with van der Waals surface area (Å²) in [6.45, 7) is -0.131. The maximum absolute atomic E-state index is 12.0. The van der Waals surface area contributed by atoms with Gasteiger partial charge in [0.15, 0.2) is 6.61 Å². The first-order valence-corrected chi connectivity index (χ1v) is 7.33. The van der Waals surface area contributed by atoms with E-state index >= 15 is 0 Å². The normalized spacial score (nSPS) is 16.0. The number of methoxy groups -OCH3 is 1. The minimum Gasteiger partial charge on any atom is -0.497 e. The number of benzene rings is 1. The summed E-state index contributed by atoms with van der Waals surface area (Å²) in [5.74, 6) is 0.0927. The van der Waals surface area contributed by atoms with Gasteiger partial charge in [-0.3, -0.25) is 9.59 Å². The molecule has 1 aromatic rings. The number of carboxylic acid groups (broad SMARTS) is 1. The molecule has 1 aliphatic rings. The van der Waals surface area contributed by atoms with Crippen molar-refractivity contribution in [2.75, 3.05) is 13.7 Å². The number of carboxylic acids is 1. The summed E-state index contributed by atoms with van der Waals surface area (Å²) >= 11 is 0. The monoisotopic (exact) mass is 307 g/mol. The fraction of sp³-hybridized carbons (Fsp3) is 0.500. The zero-order chi connectivity index (χ0) is 16.0. The molecule has 0 heterocycles. The highest BCUT2D eigenvalue weighted by atomic mass is 16.5. The van der Waals surface area contributed by atoms with E-state index in [1.54, 1.807) is 31.4 Å². The molecule has 1 aromatic carbocycles. The van der Waals surface area contributed by atoms with Gasteiger partial charge in [-0.05, 0) is 37.1 Å². The topological polar surface area (TPSA) is 84.9 Å². The Bertz CT molecular complexity index is 520. The Morgan fingerprint density at radius 2 is 1.77 bits per heavy atom. The second kappa shape index (κ2) is 7.15. The largest absolute Gasteiger partial charge is 0.497 e. The van der Waals surface area contributed by atoms with E-state index in [0.717, 1.165) is 12.8 Å². The molecular formula is C16H21NO5. The Labute approximate surface area is 129 Å². The highest BCUT2D eigenvalue weighted by Crippen LogP contribution is 2.32. The number of hydrogen-bond donors (Lipinski definition) is 2. The van der Waals surface area contributed by atoms with Crippen molar-refractivity contribution < 1.29 is 24.2 Å². The number of carbonyl (C=O) groups is 2.